The highest BCUT2D eigenvalue weighted by molar-refractivity contribution is 9.10. The molecule has 0 aliphatic heterocycles. The molecule has 1 N–H and O–H groups in total. The molecule has 0 spiro atoms. The Labute approximate surface area is 75.9 Å². The van der Waals surface area contributed by atoms with E-state index in [9.17, 15) is 9.59 Å². The summed E-state index contributed by atoms with van der Waals surface area (Å²) in [4.78, 5) is 27.8. The maximum Gasteiger partial charge on any atom is 0.362 e. The molecule has 1 aromatic heterocycles. The van der Waals surface area contributed by atoms with Crippen LogP contribution < -0.4 is 5.56 Å². The van der Waals surface area contributed by atoms with Gasteiger partial charge in [-0.05, 0) is 15.9 Å². The van der Waals surface area contributed by atoms with E-state index in [1.165, 1.54) is 13.3 Å². The minimum Gasteiger partial charge on any atom is -0.464 e. The minimum atomic E-state index is -0.747. The predicted molar refractivity (Wildman–Crippen MR) is 43.9 cm³/mol. The van der Waals surface area contributed by atoms with Gasteiger partial charge in [-0.2, -0.15) is 0 Å². The predicted octanol–water partition coefficient (Wildman–Crippen LogP) is 0.319. The normalized spacial score (nSPS) is 9.50. The Kier molecular flexibility index (Phi) is 2.59. The number of ether oxygens (including phenoxy) is 1. The van der Waals surface area contributed by atoms with E-state index in [2.05, 4.69) is 30.6 Å². The molecule has 1 rings (SSSR count). The van der Waals surface area contributed by atoms with Crippen LogP contribution in [0.25, 0.3) is 0 Å². The van der Waals surface area contributed by atoms with Crippen LogP contribution in [0.15, 0.2) is 15.6 Å². The van der Waals surface area contributed by atoms with Gasteiger partial charge in [-0.15, -0.1) is 0 Å². The molecule has 0 aliphatic carbocycles. The number of hydrogen-bond donors (Lipinski definition) is 1. The maximum atomic E-state index is 11.0. The SMILES string of the molecule is COC(=O)c1ncc(Br)[nH]c1=O. The van der Waals surface area contributed by atoms with Crippen LogP contribution in [0.3, 0.4) is 0 Å². The van der Waals surface area contributed by atoms with Crippen molar-refractivity contribution in [2.75, 3.05) is 7.11 Å². The summed E-state index contributed by atoms with van der Waals surface area (Å²) >= 11 is 3.00. The quantitative estimate of drug-likeness (QED) is 0.709. The first kappa shape index (κ1) is 8.92. The van der Waals surface area contributed by atoms with Crippen molar-refractivity contribution >= 4 is 21.9 Å². The van der Waals surface area contributed by atoms with Crippen molar-refractivity contribution in [3.63, 3.8) is 0 Å². The fraction of sp³-hybridized carbons (Fsp3) is 0.167. The Morgan fingerprint density at radius 1 is 1.75 bits per heavy atom. The van der Waals surface area contributed by atoms with Gasteiger partial charge in [0.25, 0.3) is 5.56 Å². The molecular weight excluding hydrogens is 228 g/mol. The lowest BCUT2D eigenvalue weighted by atomic mass is 10.4. The molecule has 1 aromatic rings. The number of aromatic amines is 1. The van der Waals surface area contributed by atoms with Gasteiger partial charge < -0.3 is 9.72 Å². The van der Waals surface area contributed by atoms with Gasteiger partial charge in [0.05, 0.1) is 13.3 Å². The van der Waals surface area contributed by atoms with Crippen molar-refractivity contribution in [1.29, 1.82) is 0 Å². The van der Waals surface area contributed by atoms with Crippen LogP contribution in [0.2, 0.25) is 0 Å². The van der Waals surface area contributed by atoms with E-state index in [4.69, 9.17) is 0 Å². The minimum absolute atomic E-state index is 0.249. The van der Waals surface area contributed by atoms with Crippen molar-refractivity contribution in [2.24, 2.45) is 0 Å². The molecular formula is C6H5BrN2O3. The Bertz CT molecular complexity index is 360. The highest BCUT2D eigenvalue weighted by atomic mass is 79.9. The van der Waals surface area contributed by atoms with Crippen LogP contribution in [-0.4, -0.2) is 23.0 Å². The summed E-state index contributed by atoms with van der Waals surface area (Å²) in [6.07, 6.45) is 1.31. The first-order chi connectivity index (χ1) is 5.65. The molecule has 0 unspecified atom stereocenters. The van der Waals surface area contributed by atoms with Crippen molar-refractivity contribution in [2.45, 2.75) is 0 Å². The topological polar surface area (TPSA) is 72.0 Å². The van der Waals surface area contributed by atoms with Crippen LogP contribution in [0.1, 0.15) is 10.5 Å². The number of nitrogens with one attached hydrogen (secondary N) is 1. The number of methoxy groups -OCH3 is 1. The number of aromatic nitrogens is 2. The number of carbonyl (C=O) groups is 1. The van der Waals surface area contributed by atoms with Gasteiger partial charge >= 0.3 is 5.97 Å². The van der Waals surface area contributed by atoms with Crippen molar-refractivity contribution in [3.8, 4) is 0 Å². The molecule has 0 fully saturated rings. The Hall–Kier alpha value is -1.17. The molecule has 0 aromatic carbocycles. The van der Waals surface area contributed by atoms with Gasteiger partial charge in [-0.1, -0.05) is 0 Å². The van der Waals surface area contributed by atoms with E-state index in [1.54, 1.807) is 0 Å². The average molecular weight is 233 g/mol. The van der Waals surface area contributed by atoms with Gasteiger partial charge in [0.15, 0.2) is 0 Å². The lowest BCUT2D eigenvalue weighted by molar-refractivity contribution is 0.0591. The number of esters is 1. The summed E-state index contributed by atoms with van der Waals surface area (Å²) in [6.45, 7) is 0. The van der Waals surface area contributed by atoms with E-state index >= 15 is 0 Å². The van der Waals surface area contributed by atoms with E-state index < -0.39 is 11.5 Å². The molecule has 0 radical (unpaired) electrons. The Balaban J connectivity index is 3.19. The number of halogens is 1. The molecule has 0 saturated heterocycles. The maximum absolute atomic E-state index is 11.0. The van der Waals surface area contributed by atoms with Crippen molar-refractivity contribution in [3.05, 3.63) is 26.8 Å². The molecule has 64 valence electrons. The van der Waals surface area contributed by atoms with E-state index in [-0.39, 0.29) is 5.69 Å². The second-order valence-corrected chi connectivity index (χ2v) is 2.75. The average Bonchev–Trinajstić information content (AvgIpc) is 2.03. The van der Waals surface area contributed by atoms with Gasteiger partial charge in [0.2, 0.25) is 5.69 Å². The molecule has 0 atom stereocenters. The Morgan fingerprint density at radius 3 is 2.92 bits per heavy atom. The number of rotatable bonds is 1. The molecule has 0 bridgehead atoms. The third-order valence-electron chi connectivity index (χ3n) is 1.13. The van der Waals surface area contributed by atoms with Crippen molar-refractivity contribution < 1.29 is 9.53 Å². The van der Waals surface area contributed by atoms with Gasteiger partial charge in [0, 0.05) is 0 Å². The fourth-order valence-electron chi connectivity index (χ4n) is 0.622. The van der Waals surface area contributed by atoms with Crippen LogP contribution >= 0.6 is 15.9 Å². The largest absolute Gasteiger partial charge is 0.464 e. The summed E-state index contributed by atoms with van der Waals surface area (Å²) in [6, 6.07) is 0. The fourth-order valence-corrected chi connectivity index (χ4v) is 0.904. The zero-order valence-corrected chi connectivity index (χ0v) is 7.71. The van der Waals surface area contributed by atoms with Gasteiger partial charge in [-0.25, -0.2) is 9.78 Å². The monoisotopic (exact) mass is 232 g/mol. The number of carbonyl (C=O) groups excluding carboxylic acids is 1. The summed E-state index contributed by atoms with van der Waals surface area (Å²) in [5.41, 5.74) is -0.822. The zero-order valence-electron chi connectivity index (χ0n) is 6.13. The molecule has 5 nitrogen and oxygen atoms in total. The molecule has 0 aliphatic rings. The van der Waals surface area contributed by atoms with Crippen LogP contribution in [-0.2, 0) is 4.74 Å². The lowest BCUT2D eigenvalue weighted by Crippen LogP contribution is -2.20. The third kappa shape index (κ3) is 1.70. The zero-order chi connectivity index (χ0) is 9.14. The summed E-state index contributed by atoms with van der Waals surface area (Å²) < 4.78 is 4.74. The highest BCUT2D eigenvalue weighted by Crippen LogP contribution is 1.99. The molecule has 0 amide bonds. The second kappa shape index (κ2) is 3.48. The van der Waals surface area contributed by atoms with E-state index in [0.29, 0.717) is 4.60 Å². The summed E-state index contributed by atoms with van der Waals surface area (Å²) in [7, 11) is 1.19. The molecule has 6 heteroatoms. The van der Waals surface area contributed by atoms with Gasteiger partial charge in [-0.3, -0.25) is 4.79 Å². The first-order valence-corrected chi connectivity index (χ1v) is 3.77. The highest BCUT2D eigenvalue weighted by Gasteiger charge is 2.11. The smallest absolute Gasteiger partial charge is 0.362 e. The van der Waals surface area contributed by atoms with Crippen LogP contribution in [0.4, 0.5) is 0 Å². The number of nitrogens with zero attached hydrogens (tertiary/aromatic N) is 1. The summed E-state index contributed by atoms with van der Waals surface area (Å²) in [5.74, 6) is -0.747. The molecule has 0 saturated carbocycles. The number of hydrogen-bond acceptors (Lipinski definition) is 4. The van der Waals surface area contributed by atoms with Crippen LogP contribution in [0, 0.1) is 0 Å². The second-order valence-electron chi connectivity index (χ2n) is 1.90. The lowest BCUT2D eigenvalue weighted by Gasteiger charge is -1.95. The molecule has 12 heavy (non-hydrogen) atoms. The van der Waals surface area contributed by atoms with E-state index in [1.807, 2.05) is 0 Å². The number of H-pyrrole nitrogens is 1. The summed E-state index contributed by atoms with van der Waals surface area (Å²) in [5, 5.41) is 0. The van der Waals surface area contributed by atoms with Gasteiger partial charge in [0.1, 0.15) is 4.60 Å². The van der Waals surface area contributed by atoms with E-state index in [0.717, 1.165) is 0 Å². The first-order valence-electron chi connectivity index (χ1n) is 2.98. The Morgan fingerprint density at radius 2 is 2.42 bits per heavy atom. The standard InChI is InChI=1S/C6H5BrN2O3/c1-12-6(11)4-5(10)9-3(7)2-8-4/h2H,1H3,(H,9,10). The third-order valence-corrected chi connectivity index (χ3v) is 1.54. The van der Waals surface area contributed by atoms with Crippen LogP contribution in [0.5, 0.6) is 0 Å². The molecule has 1 heterocycles. The van der Waals surface area contributed by atoms with Crippen molar-refractivity contribution in [1.82, 2.24) is 9.97 Å².